The first-order valence-corrected chi connectivity index (χ1v) is 12.6. The molecule has 0 saturated carbocycles. The highest BCUT2D eigenvalue weighted by Crippen LogP contribution is 2.26. The number of sulfonamides is 1. The molecule has 8 nitrogen and oxygen atoms in total. The fraction of sp³-hybridized carbons (Fsp3) is 0.318. The van der Waals surface area contributed by atoms with Crippen LogP contribution in [0.1, 0.15) is 18.7 Å². The highest BCUT2D eigenvalue weighted by atomic mass is 79.9. The van der Waals surface area contributed by atoms with Crippen molar-refractivity contribution in [2.24, 2.45) is 5.92 Å². The molecule has 2 aromatic carbocycles. The van der Waals surface area contributed by atoms with Gasteiger partial charge in [-0.2, -0.15) is 9.29 Å². The fourth-order valence-electron chi connectivity index (χ4n) is 3.76. The zero-order chi connectivity index (χ0) is 23.6. The van der Waals surface area contributed by atoms with Gasteiger partial charge >= 0.3 is 0 Å². The average molecular weight is 537 g/mol. The molecule has 1 fully saturated rings. The second-order valence-corrected chi connectivity index (χ2v) is 10.7. The van der Waals surface area contributed by atoms with E-state index in [-0.39, 0.29) is 36.4 Å². The topological polar surface area (TPSA) is 96.6 Å². The van der Waals surface area contributed by atoms with Crippen molar-refractivity contribution in [1.82, 2.24) is 19.3 Å². The van der Waals surface area contributed by atoms with E-state index in [1.807, 2.05) is 24.3 Å². The molecule has 1 aliphatic rings. The maximum absolute atomic E-state index is 13.1. The molecule has 0 atom stereocenters. The molecule has 11 heteroatoms. The Hall–Kier alpha value is -2.63. The van der Waals surface area contributed by atoms with Gasteiger partial charge in [0.15, 0.2) is 0 Å². The molecule has 174 valence electrons. The van der Waals surface area contributed by atoms with E-state index in [4.69, 9.17) is 4.52 Å². The summed E-state index contributed by atoms with van der Waals surface area (Å²) >= 11 is 3.41. The number of hydrogen-bond acceptors (Lipinski definition) is 6. The molecule has 1 saturated heterocycles. The first kappa shape index (κ1) is 23.5. The predicted octanol–water partition coefficient (Wildman–Crippen LogP) is 3.70. The third-order valence-corrected chi connectivity index (χ3v) is 7.96. The standard InChI is InChI=1S/C22H22BrFN4O4S/c1-27(14-20-25-21(26-32-20)16-3-2-4-17(23)13-16)22(29)15-9-11-28(12-10-15)33(30,31)19-7-5-18(24)6-8-19/h2-8,13,15H,9-12,14H2,1H3. The summed E-state index contributed by atoms with van der Waals surface area (Å²) in [7, 11) is -2.06. The molecular formula is C22H22BrFN4O4S. The number of rotatable bonds is 6. The smallest absolute Gasteiger partial charge is 0.246 e. The van der Waals surface area contributed by atoms with Gasteiger partial charge in [0.05, 0.1) is 11.4 Å². The summed E-state index contributed by atoms with van der Waals surface area (Å²) in [4.78, 5) is 18.8. The van der Waals surface area contributed by atoms with Crippen LogP contribution in [0.25, 0.3) is 11.4 Å². The van der Waals surface area contributed by atoms with Gasteiger partial charge in [-0.15, -0.1) is 0 Å². The van der Waals surface area contributed by atoms with Crippen LogP contribution in [0.2, 0.25) is 0 Å². The zero-order valence-electron chi connectivity index (χ0n) is 17.8. The Labute approximate surface area is 199 Å². The Bertz CT molecular complexity index is 1240. The molecule has 0 radical (unpaired) electrons. The molecular weight excluding hydrogens is 515 g/mol. The second kappa shape index (κ2) is 9.70. The number of benzene rings is 2. The van der Waals surface area contributed by atoms with Crippen LogP contribution in [0.4, 0.5) is 4.39 Å². The van der Waals surface area contributed by atoms with Gasteiger partial charge in [0.1, 0.15) is 5.82 Å². The number of carbonyl (C=O) groups excluding carboxylic acids is 1. The Morgan fingerprint density at radius 2 is 1.91 bits per heavy atom. The monoisotopic (exact) mass is 536 g/mol. The van der Waals surface area contributed by atoms with Crippen molar-refractivity contribution in [2.75, 3.05) is 20.1 Å². The van der Waals surface area contributed by atoms with E-state index in [9.17, 15) is 17.6 Å². The summed E-state index contributed by atoms with van der Waals surface area (Å²) < 4.78 is 46.2. The van der Waals surface area contributed by atoms with Crippen molar-refractivity contribution in [1.29, 1.82) is 0 Å². The van der Waals surface area contributed by atoms with Crippen LogP contribution in [0, 0.1) is 11.7 Å². The van der Waals surface area contributed by atoms with Crippen molar-refractivity contribution in [3.05, 3.63) is 64.7 Å². The van der Waals surface area contributed by atoms with Crippen LogP contribution >= 0.6 is 15.9 Å². The van der Waals surface area contributed by atoms with E-state index in [2.05, 4.69) is 26.1 Å². The highest BCUT2D eigenvalue weighted by molar-refractivity contribution is 9.10. The van der Waals surface area contributed by atoms with E-state index in [0.717, 1.165) is 22.2 Å². The van der Waals surface area contributed by atoms with Gasteiger partial charge < -0.3 is 9.42 Å². The van der Waals surface area contributed by atoms with E-state index in [1.54, 1.807) is 7.05 Å². The number of piperidine rings is 1. The van der Waals surface area contributed by atoms with Gasteiger partial charge in [-0.3, -0.25) is 4.79 Å². The maximum atomic E-state index is 13.1. The van der Waals surface area contributed by atoms with Crippen LogP contribution in [-0.2, 0) is 21.4 Å². The summed E-state index contributed by atoms with van der Waals surface area (Å²) in [5.74, 6) is -0.145. The Morgan fingerprint density at radius 3 is 2.58 bits per heavy atom. The number of hydrogen-bond donors (Lipinski definition) is 0. The minimum atomic E-state index is -3.72. The third-order valence-electron chi connectivity index (χ3n) is 5.55. The Morgan fingerprint density at radius 1 is 1.21 bits per heavy atom. The molecule has 4 rings (SSSR count). The summed E-state index contributed by atoms with van der Waals surface area (Å²) in [6.07, 6.45) is 0.799. The minimum Gasteiger partial charge on any atom is -0.337 e. The molecule has 0 spiro atoms. The lowest BCUT2D eigenvalue weighted by Crippen LogP contribution is -2.43. The van der Waals surface area contributed by atoms with Crippen molar-refractivity contribution in [2.45, 2.75) is 24.3 Å². The van der Waals surface area contributed by atoms with Gasteiger partial charge in [0.25, 0.3) is 0 Å². The molecule has 1 aliphatic heterocycles. The quantitative estimate of drug-likeness (QED) is 0.476. The molecule has 1 amide bonds. The highest BCUT2D eigenvalue weighted by Gasteiger charge is 2.33. The maximum Gasteiger partial charge on any atom is 0.246 e. The molecule has 33 heavy (non-hydrogen) atoms. The van der Waals surface area contributed by atoms with Crippen LogP contribution in [-0.4, -0.2) is 53.8 Å². The Kier molecular flexibility index (Phi) is 6.91. The van der Waals surface area contributed by atoms with Crippen LogP contribution < -0.4 is 0 Å². The third kappa shape index (κ3) is 5.31. The van der Waals surface area contributed by atoms with Gasteiger partial charge in [-0.1, -0.05) is 33.2 Å². The van der Waals surface area contributed by atoms with Crippen molar-refractivity contribution in [3.63, 3.8) is 0 Å². The van der Waals surface area contributed by atoms with E-state index in [0.29, 0.717) is 24.6 Å². The average Bonchev–Trinajstić information content (AvgIpc) is 3.27. The Balaban J connectivity index is 1.34. The predicted molar refractivity (Wildman–Crippen MR) is 122 cm³/mol. The van der Waals surface area contributed by atoms with E-state index in [1.165, 1.54) is 21.3 Å². The molecule has 0 unspecified atom stereocenters. The number of amides is 1. The van der Waals surface area contributed by atoms with Gasteiger partial charge in [-0.25, -0.2) is 12.8 Å². The largest absolute Gasteiger partial charge is 0.337 e. The molecule has 1 aromatic heterocycles. The first-order valence-electron chi connectivity index (χ1n) is 10.3. The van der Waals surface area contributed by atoms with Crippen LogP contribution in [0.5, 0.6) is 0 Å². The number of halogens is 2. The molecule has 0 bridgehead atoms. The lowest BCUT2D eigenvalue weighted by atomic mass is 9.97. The number of aromatic nitrogens is 2. The van der Waals surface area contributed by atoms with Crippen molar-refractivity contribution >= 4 is 31.9 Å². The SMILES string of the molecule is CN(Cc1nc(-c2cccc(Br)c2)no1)C(=O)C1CCN(S(=O)(=O)c2ccc(F)cc2)CC1. The van der Waals surface area contributed by atoms with Gasteiger partial charge in [0, 0.05) is 36.1 Å². The first-order chi connectivity index (χ1) is 15.7. The zero-order valence-corrected chi connectivity index (χ0v) is 20.2. The van der Waals surface area contributed by atoms with Crippen LogP contribution in [0.15, 0.2) is 62.4 Å². The van der Waals surface area contributed by atoms with E-state index >= 15 is 0 Å². The number of nitrogens with zero attached hydrogens (tertiary/aromatic N) is 4. The summed E-state index contributed by atoms with van der Waals surface area (Å²) in [5, 5.41) is 3.98. The summed E-state index contributed by atoms with van der Waals surface area (Å²) in [5.41, 5.74) is 0.795. The van der Waals surface area contributed by atoms with Crippen LogP contribution in [0.3, 0.4) is 0 Å². The molecule has 3 aromatic rings. The molecule has 0 N–H and O–H groups in total. The fourth-order valence-corrected chi connectivity index (χ4v) is 5.62. The minimum absolute atomic E-state index is 0.0449. The van der Waals surface area contributed by atoms with Gasteiger partial charge in [-0.05, 0) is 49.2 Å². The van der Waals surface area contributed by atoms with Crippen molar-refractivity contribution in [3.8, 4) is 11.4 Å². The molecule has 2 heterocycles. The summed E-state index contributed by atoms with van der Waals surface area (Å²) in [6, 6.07) is 12.3. The van der Waals surface area contributed by atoms with Crippen molar-refractivity contribution < 1.29 is 22.1 Å². The molecule has 0 aliphatic carbocycles. The normalized spacial score (nSPS) is 15.5. The van der Waals surface area contributed by atoms with Gasteiger partial charge in [0.2, 0.25) is 27.6 Å². The lowest BCUT2D eigenvalue weighted by Gasteiger charge is -2.32. The number of carbonyl (C=O) groups is 1. The summed E-state index contributed by atoms with van der Waals surface area (Å²) in [6.45, 7) is 0.600. The lowest BCUT2D eigenvalue weighted by molar-refractivity contribution is -0.136. The second-order valence-electron chi connectivity index (χ2n) is 7.85. The van der Waals surface area contributed by atoms with E-state index < -0.39 is 15.8 Å².